The van der Waals surface area contributed by atoms with Gasteiger partial charge < -0.3 is 0 Å². The Kier molecular flexibility index (Phi) is 2.31. The predicted octanol–water partition coefficient (Wildman–Crippen LogP) is 1.48. The quantitative estimate of drug-likeness (QED) is 0.348. The molecule has 0 spiro atoms. The number of hydrogen-bond donors (Lipinski definition) is 0. The van der Waals surface area contributed by atoms with E-state index in [0.717, 1.165) is 6.92 Å². The first kappa shape index (κ1) is 8.55. The lowest BCUT2D eigenvalue weighted by Gasteiger charge is -2.07. The highest BCUT2D eigenvalue weighted by Gasteiger charge is 2.42. The number of nitro groups is 1. The van der Waals surface area contributed by atoms with Gasteiger partial charge in [0, 0.05) is 11.8 Å². The zero-order chi connectivity index (χ0) is 7.65. The van der Waals surface area contributed by atoms with E-state index in [9.17, 15) is 18.9 Å². The molecular formula is C3H4ClF2NO2. The average molecular weight is 160 g/mol. The van der Waals surface area contributed by atoms with Gasteiger partial charge in [-0.2, -0.15) is 8.78 Å². The molecule has 1 atom stereocenters. The van der Waals surface area contributed by atoms with Gasteiger partial charge in [0.2, 0.25) is 0 Å². The Labute approximate surface area is 54.8 Å². The first-order valence-electron chi connectivity index (χ1n) is 2.06. The summed E-state index contributed by atoms with van der Waals surface area (Å²) in [6, 6.07) is -2.03. The van der Waals surface area contributed by atoms with E-state index in [1.165, 1.54) is 0 Å². The summed E-state index contributed by atoms with van der Waals surface area (Å²) in [5.41, 5.74) is 0. The summed E-state index contributed by atoms with van der Waals surface area (Å²) in [6.07, 6.45) is 0. The fourth-order valence-corrected chi connectivity index (χ4v) is 0.199. The van der Waals surface area contributed by atoms with Crippen LogP contribution in [0.1, 0.15) is 6.92 Å². The van der Waals surface area contributed by atoms with Crippen LogP contribution >= 0.6 is 11.6 Å². The Bertz CT molecular complexity index is 123. The maximum Gasteiger partial charge on any atom is 0.387 e. The van der Waals surface area contributed by atoms with Crippen LogP contribution in [0.25, 0.3) is 0 Å². The lowest BCUT2D eigenvalue weighted by atomic mass is 10.4. The van der Waals surface area contributed by atoms with Crippen LogP contribution in [0.3, 0.4) is 0 Å². The SMILES string of the molecule is CC([N+](=O)[O-])C(F)(F)Cl. The maximum absolute atomic E-state index is 11.7. The smallest absolute Gasteiger partial charge is 0.264 e. The number of nitrogens with zero attached hydrogens (tertiary/aromatic N) is 1. The van der Waals surface area contributed by atoms with Gasteiger partial charge in [-0.1, -0.05) is 0 Å². The van der Waals surface area contributed by atoms with E-state index in [1.807, 2.05) is 0 Å². The topological polar surface area (TPSA) is 43.1 Å². The van der Waals surface area contributed by atoms with Gasteiger partial charge in [0.25, 0.3) is 6.04 Å². The van der Waals surface area contributed by atoms with Crippen molar-refractivity contribution in [1.29, 1.82) is 0 Å². The van der Waals surface area contributed by atoms with Crippen LogP contribution in [0, 0.1) is 10.1 Å². The van der Waals surface area contributed by atoms with Crippen LogP contribution < -0.4 is 0 Å². The molecule has 3 nitrogen and oxygen atoms in total. The first-order chi connectivity index (χ1) is 3.85. The minimum absolute atomic E-state index is 0.743. The summed E-state index contributed by atoms with van der Waals surface area (Å²) in [6.45, 7) is 0.743. The molecule has 0 fully saturated rings. The van der Waals surface area contributed by atoms with Crippen LogP contribution in [0.2, 0.25) is 0 Å². The average Bonchev–Trinajstić information content (AvgIpc) is 1.62. The molecule has 0 N–H and O–H groups in total. The Hall–Kier alpha value is -0.450. The van der Waals surface area contributed by atoms with Gasteiger partial charge in [0.15, 0.2) is 0 Å². The lowest BCUT2D eigenvalue weighted by molar-refractivity contribution is -0.538. The summed E-state index contributed by atoms with van der Waals surface area (Å²) in [7, 11) is 0. The van der Waals surface area contributed by atoms with E-state index in [1.54, 1.807) is 0 Å². The molecule has 0 radical (unpaired) electrons. The third-order valence-corrected chi connectivity index (χ3v) is 1.11. The molecule has 1 unspecified atom stereocenters. The van der Waals surface area contributed by atoms with Crippen molar-refractivity contribution in [2.24, 2.45) is 0 Å². The normalized spacial score (nSPS) is 15.1. The molecular weight excluding hydrogens is 155 g/mol. The van der Waals surface area contributed by atoms with Gasteiger partial charge in [-0.3, -0.25) is 10.1 Å². The van der Waals surface area contributed by atoms with E-state index in [-0.39, 0.29) is 0 Å². The molecule has 0 aromatic rings. The maximum atomic E-state index is 11.7. The second kappa shape index (κ2) is 2.43. The van der Waals surface area contributed by atoms with Gasteiger partial charge in [0.1, 0.15) is 0 Å². The van der Waals surface area contributed by atoms with E-state index < -0.39 is 16.3 Å². The van der Waals surface area contributed by atoms with Gasteiger partial charge >= 0.3 is 5.38 Å². The highest BCUT2D eigenvalue weighted by molar-refractivity contribution is 6.22. The van der Waals surface area contributed by atoms with E-state index in [4.69, 9.17) is 0 Å². The first-order valence-corrected chi connectivity index (χ1v) is 2.43. The molecule has 0 aliphatic heterocycles. The van der Waals surface area contributed by atoms with Crippen LogP contribution in [0.4, 0.5) is 8.78 Å². The van der Waals surface area contributed by atoms with Gasteiger partial charge in [0.05, 0.1) is 0 Å². The second-order valence-electron chi connectivity index (χ2n) is 1.50. The molecule has 54 valence electrons. The second-order valence-corrected chi connectivity index (χ2v) is 2.01. The van der Waals surface area contributed by atoms with E-state index in [2.05, 4.69) is 11.6 Å². The van der Waals surface area contributed by atoms with Crippen molar-refractivity contribution < 1.29 is 13.7 Å². The van der Waals surface area contributed by atoms with E-state index >= 15 is 0 Å². The molecule has 0 aliphatic rings. The standard InChI is InChI=1S/C3H4ClF2NO2/c1-2(7(8)9)3(4,5)6/h2H,1H3. The molecule has 6 heteroatoms. The summed E-state index contributed by atoms with van der Waals surface area (Å²) in [5.74, 6) is 0. The molecule has 0 saturated heterocycles. The highest BCUT2D eigenvalue weighted by atomic mass is 35.5. The molecule has 0 aliphatic carbocycles. The van der Waals surface area contributed by atoms with Crippen molar-refractivity contribution in [3.05, 3.63) is 10.1 Å². The predicted molar refractivity (Wildman–Crippen MR) is 27.3 cm³/mol. The third-order valence-electron chi connectivity index (χ3n) is 0.790. The van der Waals surface area contributed by atoms with Gasteiger partial charge in [-0.15, -0.1) is 0 Å². The molecule has 9 heavy (non-hydrogen) atoms. The van der Waals surface area contributed by atoms with Crippen LogP contribution in [0.5, 0.6) is 0 Å². The molecule has 0 amide bonds. The monoisotopic (exact) mass is 159 g/mol. The van der Waals surface area contributed by atoms with Crippen molar-refractivity contribution in [1.82, 2.24) is 0 Å². The molecule has 0 heterocycles. The Balaban J connectivity index is 4.04. The Morgan fingerprint density at radius 2 is 2.11 bits per heavy atom. The molecule has 0 rings (SSSR count). The number of rotatable bonds is 2. The minimum Gasteiger partial charge on any atom is -0.264 e. The minimum atomic E-state index is -3.75. The van der Waals surface area contributed by atoms with E-state index in [0.29, 0.717) is 0 Å². The van der Waals surface area contributed by atoms with Crippen molar-refractivity contribution in [3.8, 4) is 0 Å². The van der Waals surface area contributed by atoms with Crippen LogP contribution in [-0.2, 0) is 0 Å². The Morgan fingerprint density at radius 1 is 1.78 bits per heavy atom. The lowest BCUT2D eigenvalue weighted by Crippen LogP contribution is -2.31. The summed E-state index contributed by atoms with van der Waals surface area (Å²) in [5, 5.41) is 5.84. The number of hydrogen-bond acceptors (Lipinski definition) is 2. The fraction of sp³-hybridized carbons (Fsp3) is 1.00. The zero-order valence-electron chi connectivity index (χ0n) is 4.47. The number of alkyl halides is 3. The largest absolute Gasteiger partial charge is 0.387 e. The molecule has 0 aromatic carbocycles. The van der Waals surface area contributed by atoms with Gasteiger partial charge in [-0.25, -0.2) is 0 Å². The summed E-state index contributed by atoms with van der Waals surface area (Å²) < 4.78 is 23.4. The van der Waals surface area contributed by atoms with Gasteiger partial charge in [-0.05, 0) is 11.6 Å². The zero-order valence-corrected chi connectivity index (χ0v) is 5.23. The fourth-order valence-electron chi connectivity index (χ4n) is 0.120. The molecule has 0 bridgehead atoms. The van der Waals surface area contributed by atoms with Crippen LogP contribution in [-0.4, -0.2) is 16.3 Å². The summed E-state index contributed by atoms with van der Waals surface area (Å²) in [4.78, 5) is 8.46. The number of halogens is 3. The van der Waals surface area contributed by atoms with Crippen molar-refractivity contribution in [2.45, 2.75) is 18.3 Å². The highest BCUT2D eigenvalue weighted by Crippen LogP contribution is 2.24. The van der Waals surface area contributed by atoms with Crippen LogP contribution in [0.15, 0.2) is 0 Å². The van der Waals surface area contributed by atoms with Crippen molar-refractivity contribution in [2.75, 3.05) is 0 Å². The third kappa shape index (κ3) is 2.55. The summed E-state index contributed by atoms with van der Waals surface area (Å²) >= 11 is 4.30. The molecule has 0 saturated carbocycles. The van der Waals surface area contributed by atoms with Crippen molar-refractivity contribution >= 4 is 11.6 Å². The molecule has 0 aromatic heterocycles. The Morgan fingerprint density at radius 3 is 2.11 bits per heavy atom. The van der Waals surface area contributed by atoms with Crippen molar-refractivity contribution in [3.63, 3.8) is 0 Å².